The Kier molecular flexibility index (Phi) is 5.63. The number of hydrogen-bond donors (Lipinski definition) is 2. The van der Waals surface area contributed by atoms with E-state index in [0.717, 1.165) is 0 Å². The Morgan fingerprint density at radius 2 is 1.84 bits per heavy atom. The van der Waals surface area contributed by atoms with Crippen molar-refractivity contribution in [2.45, 2.75) is 6.10 Å². The zero-order valence-electron chi connectivity index (χ0n) is 16.7. The van der Waals surface area contributed by atoms with Crippen LogP contribution in [0.2, 0.25) is 0 Å². The zero-order chi connectivity index (χ0) is 21.8. The zero-order valence-corrected chi connectivity index (χ0v) is 16.7. The topological polar surface area (TPSA) is 112 Å². The highest BCUT2D eigenvalue weighted by molar-refractivity contribution is 6.05. The molecule has 0 aliphatic carbocycles. The molecule has 0 fully saturated rings. The van der Waals surface area contributed by atoms with Crippen LogP contribution in [-0.4, -0.2) is 22.6 Å². The Balaban J connectivity index is 1.56. The number of amides is 1. The molecule has 0 radical (unpaired) electrons. The van der Waals surface area contributed by atoms with Gasteiger partial charge in [0.1, 0.15) is 0 Å². The van der Waals surface area contributed by atoms with Crippen molar-refractivity contribution < 1.29 is 13.9 Å². The number of pyridine rings is 1. The lowest BCUT2D eigenvalue weighted by molar-refractivity contribution is 0.102. The molecule has 1 unspecified atom stereocenters. The van der Waals surface area contributed by atoms with Crippen molar-refractivity contribution in [3.8, 4) is 5.69 Å². The fraction of sp³-hybridized carbons (Fsp3) is 0.0870. The first-order valence-electron chi connectivity index (χ1n) is 9.49. The Morgan fingerprint density at radius 3 is 2.52 bits per heavy atom. The Labute approximate surface area is 177 Å². The number of rotatable bonds is 6. The van der Waals surface area contributed by atoms with Crippen LogP contribution in [0.25, 0.3) is 5.69 Å². The molecular weight excluding hydrogens is 396 g/mol. The van der Waals surface area contributed by atoms with E-state index >= 15 is 0 Å². The van der Waals surface area contributed by atoms with Crippen LogP contribution in [0.3, 0.4) is 0 Å². The molecule has 0 bridgehead atoms. The van der Waals surface area contributed by atoms with E-state index in [9.17, 15) is 9.59 Å². The van der Waals surface area contributed by atoms with Crippen molar-refractivity contribution in [1.29, 1.82) is 0 Å². The molecule has 2 aromatic carbocycles. The van der Waals surface area contributed by atoms with Crippen LogP contribution in [0, 0.1) is 0 Å². The molecular formula is C23H20N4O4. The predicted octanol–water partition coefficient (Wildman–Crippen LogP) is 3.40. The second kappa shape index (κ2) is 8.68. The average Bonchev–Trinajstić information content (AvgIpc) is 3.18. The molecule has 2 heterocycles. The summed E-state index contributed by atoms with van der Waals surface area (Å²) in [5.41, 5.74) is 8.47. The minimum Gasteiger partial charge on any atom is -0.409 e. The van der Waals surface area contributed by atoms with Gasteiger partial charge in [-0.2, -0.15) is 0 Å². The number of benzene rings is 2. The summed E-state index contributed by atoms with van der Waals surface area (Å²) < 4.78 is 12.2. The SMILES string of the molecule is COC(c1ccccn1)c1cn(-c2ccc(C(=O)Nc3ccccc3N)cc2)c(=O)o1. The number of oxazole rings is 1. The van der Waals surface area contributed by atoms with Gasteiger partial charge in [0.2, 0.25) is 0 Å². The van der Waals surface area contributed by atoms with Crippen LogP contribution in [0.5, 0.6) is 0 Å². The standard InChI is InChI=1S/C23H20N4O4/c1-30-21(19-8-4-5-13-25-19)20-14-27(23(29)31-20)16-11-9-15(10-12-16)22(28)26-18-7-3-2-6-17(18)24/h2-14,21H,24H2,1H3,(H,26,28). The Morgan fingerprint density at radius 1 is 1.10 bits per heavy atom. The molecule has 0 saturated carbocycles. The first-order chi connectivity index (χ1) is 15.1. The molecule has 0 spiro atoms. The molecule has 0 saturated heterocycles. The third kappa shape index (κ3) is 4.24. The number of hydrogen-bond acceptors (Lipinski definition) is 6. The van der Waals surface area contributed by atoms with E-state index in [2.05, 4.69) is 10.3 Å². The maximum atomic E-state index is 12.5. The van der Waals surface area contributed by atoms with Gasteiger partial charge in [0, 0.05) is 18.9 Å². The molecule has 2 aromatic heterocycles. The van der Waals surface area contributed by atoms with E-state index < -0.39 is 11.9 Å². The van der Waals surface area contributed by atoms with E-state index in [-0.39, 0.29) is 5.91 Å². The smallest absolute Gasteiger partial charge is 0.409 e. The highest BCUT2D eigenvalue weighted by atomic mass is 16.5. The number of ether oxygens (including phenoxy) is 1. The summed E-state index contributed by atoms with van der Waals surface area (Å²) in [6, 6.07) is 19.0. The average molecular weight is 416 g/mol. The maximum Gasteiger partial charge on any atom is 0.423 e. The largest absolute Gasteiger partial charge is 0.423 e. The second-order valence-corrected chi connectivity index (χ2v) is 6.73. The number of nitrogen functional groups attached to an aromatic ring is 1. The van der Waals surface area contributed by atoms with Gasteiger partial charge in [-0.3, -0.25) is 9.78 Å². The van der Waals surface area contributed by atoms with Crippen LogP contribution >= 0.6 is 0 Å². The third-order valence-corrected chi connectivity index (χ3v) is 4.73. The minimum absolute atomic E-state index is 0.306. The summed E-state index contributed by atoms with van der Waals surface area (Å²) in [7, 11) is 1.52. The van der Waals surface area contributed by atoms with E-state index in [1.165, 1.54) is 11.7 Å². The van der Waals surface area contributed by atoms with E-state index in [0.29, 0.717) is 34.1 Å². The summed E-state index contributed by atoms with van der Waals surface area (Å²) in [4.78, 5) is 29.2. The lowest BCUT2D eigenvalue weighted by Gasteiger charge is -2.10. The number of anilines is 2. The van der Waals surface area contributed by atoms with Crippen LogP contribution in [0.4, 0.5) is 11.4 Å². The van der Waals surface area contributed by atoms with Crippen molar-refractivity contribution in [3.05, 3.63) is 107 Å². The molecule has 0 aliphatic rings. The van der Waals surface area contributed by atoms with Crippen molar-refractivity contribution in [2.24, 2.45) is 0 Å². The number of nitrogens with two attached hydrogens (primary N) is 1. The van der Waals surface area contributed by atoms with Crippen LogP contribution in [-0.2, 0) is 4.74 Å². The number of aromatic nitrogens is 2. The van der Waals surface area contributed by atoms with E-state index in [1.54, 1.807) is 73.1 Å². The van der Waals surface area contributed by atoms with Crippen LogP contribution in [0.1, 0.15) is 27.9 Å². The molecule has 31 heavy (non-hydrogen) atoms. The van der Waals surface area contributed by atoms with Gasteiger partial charge in [-0.1, -0.05) is 18.2 Å². The first kappa shape index (κ1) is 20.1. The highest BCUT2D eigenvalue weighted by Crippen LogP contribution is 2.24. The van der Waals surface area contributed by atoms with Gasteiger partial charge in [-0.15, -0.1) is 0 Å². The molecule has 4 aromatic rings. The first-order valence-corrected chi connectivity index (χ1v) is 9.49. The minimum atomic E-state index is -0.614. The number of carbonyl (C=O) groups excluding carboxylic acids is 1. The van der Waals surface area contributed by atoms with Gasteiger partial charge in [0.25, 0.3) is 5.91 Å². The molecule has 1 amide bonds. The summed E-state index contributed by atoms with van der Waals surface area (Å²) in [6.07, 6.45) is 2.59. The normalized spacial score (nSPS) is 11.8. The summed E-state index contributed by atoms with van der Waals surface area (Å²) in [6.45, 7) is 0. The van der Waals surface area contributed by atoms with Gasteiger partial charge in [-0.05, 0) is 48.5 Å². The third-order valence-electron chi connectivity index (χ3n) is 4.73. The number of nitrogens with one attached hydrogen (secondary N) is 1. The number of nitrogens with zero attached hydrogens (tertiary/aromatic N) is 2. The molecule has 4 rings (SSSR count). The summed E-state index contributed by atoms with van der Waals surface area (Å²) >= 11 is 0. The van der Waals surface area contributed by atoms with Crippen molar-refractivity contribution in [3.63, 3.8) is 0 Å². The van der Waals surface area contributed by atoms with Crippen LogP contribution in [0.15, 0.2) is 88.3 Å². The van der Waals surface area contributed by atoms with Gasteiger partial charge in [-0.25, -0.2) is 9.36 Å². The van der Waals surface area contributed by atoms with E-state index in [1.807, 2.05) is 6.07 Å². The van der Waals surface area contributed by atoms with Gasteiger partial charge in [0.05, 0.1) is 29.0 Å². The molecule has 156 valence electrons. The molecule has 0 aliphatic heterocycles. The second-order valence-electron chi connectivity index (χ2n) is 6.73. The van der Waals surface area contributed by atoms with Crippen LogP contribution < -0.4 is 16.8 Å². The molecule has 3 N–H and O–H groups in total. The molecule has 8 nitrogen and oxygen atoms in total. The number of carbonyl (C=O) groups is 1. The Hall–Kier alpha value is -4.17. The fourth-order valence-corrected chi connectivity index (χ4v) is 3.15. The summed E-state index contributed by atoms with van der Waals surface area (Å²) in [5.74, 6) is -0.547. The van der Waals surface area contributed by atoms with Gasteiger partial charge < -0.3 is 20.2 Å². The fourth-order valence-electron chi connectivity index (χ4n) is 3.15. The van der Waals surface area contributed by atoms with Gasteiger partial charge >= 0.3 is 5.76 Å². The van der Waals surface area contributed by atoms with Gasteiger partial charge in [0.15, 0.2) is 11.9 Å². The quantitative estimate of drug-likeness (QED) is 0.466. The van der Waals surface area contributed by atoms with Crippen molar-refractivity contribution in [1.82, 2.24) is 9.55 Å². The maximum absolute atomic E-state index is 12.5. The lowest BCUT2D eigenvalue weighted by Crippen LogP contribution is -2.14. The lowest BCUT2D eigenvalue weighted by atomic mass is 10.1. The van der Waals surface area contributed by atoms with Crippen molar-refractivity contribution >= 4 is 17.3 Å². The number of methoxy groups -OCH3 is 1. The highest BCUT2D eigenvalue weighted by Gasteiger charge is 2.21. The predicted molar refractivity (Wildman–Crippen MR) is 116 cm³/mol. The summed E-state index contributed by atoms with van der Waals surface area (Å²) in [5, 5.41) is 2.77. The molecule has 1 atom stereocenters. The monoisotopic (exact) mass is 416 g/mol. The number of para-hydroxylation sites is 2. The van der Waals surface area contributed by atoms with Crippen molar-refractivity contribution in [2.75, 3.05) is 18.2 Å². The van der Waals surface area contributed by atoms with E-state index in [4.69, 9.17) is 14.9 Å². The molecule has 8 heteroatoms. The Bertz CT molecular complexity index is 1250.